The van der Waals surface area contributed by atoms with Crippen LogP contribution in [0.15, 0.2) is 36.5 Å². The second-order valence-corrected chi connectivity index (χ2v) is 5.33. The number of nitrogens with one attached hydrogen (secondary N) is 1. The molecule has 0 unspecified atom stereocenters. The van der Waals surface area contributed by atoms with E-state index < -0.39 is 0 Å². The predicted octanol–water partition coefficient (Wildman–Crippen LogP) is 2.64. The number of fused-ring (bicyclic) bond motifs is 1. The maximum atomic E-state index is 9.58. The molecule has 5 nitrogen and oxygen atoms in total. The fourth-order valence-corrected chi connectivity index (χ4v) is 2.64. The van der Waals surface area contributed by atoms with Crippen LogP contribution in [-0.2, 0) is 26.6 Å². The second kappa shape index (κ2) is 6.15. The van der Waals surface area contributed by atoms with Crippen LogP contribution in [0.25, 0.3) is 10.9 Å². The van der Waals surface area contributed by atoms with Gasteiger partial charge in [0, 0.05) is 36.3 Å². The lowest BCUT2D eigenvalue weighted by Crippen LogP contribution is -2.06. The van der Waals surface area contributed by atoms with Crippen LogP contribution >= 0.6 is 0 Å². The van der Waals surface area contributed by atoms with Gasteiger partial charge in [-0.3, -0.25) is 4.68 Å². The first-order chi connectivity index (χ1) is 10.7. The maximum Gasteiger partial charge on any atom is 0.132 e. The number of aliphatic hydroxyl groups excluding tert-OH is 1. The van der Waals surface area contributed by atoms with Crippen molar-refractivity contribution in [3.8, 4) is 0 Å². The Hall–Kier alpha value is -2.40. The summed E-state index contributed by atoms with van der Waals surface area (Å²) in [6, 6.07) is 9.90. The Labute approximate surface area is 129 Å². The lowest BCUT2D eigenvalue weighted by atomic mass is 10.1. The van der Waals surface area contributed by atoms with Crippen molar-refractivity contribution in [1.82, 2.24) is 14.8 Å². The van der Waals surface area contributed by atoms with Crippen LogP contribution in [0.4, 0.5) is 5.82 Å². The number of anilines is 1. The number of nitrogens with zero attached hydrogens (tertiary/aromatic N) is 3. The van der Waals surface area contributed by atoms with E-state index in [0.717, 1.165) is 40.0 Å². The molecule has 0 aliphatic heterocycles. The van der Waals surface area contributed by atoms with Gasteiger partial charge in [-0.15, -0.1) is 0 Å². The monoisotopic (exact) mass is 296 g/mol. The number of aromatic nitrogens is 3. The molecular formula is C17H20N4O. The van der Waals surface area contributed by atoms with E-state index in [9.17, 15) is 5.11 Å². The van der Waals surface area contributed by atoms with Gasteiger partial charge in [0.1, 0.15) is 5.82 Å². The van der Waals surface area contributed by atoms with Gasteiger partial charge in [-0.1, -0.05) is 25.1 Å². The molecule has 0 bridgehead atoms. The van der Waals surface area contributed by atoms with E-state index in [4.69, 9.17) is 0 Å². The molecule has 0 saturated heterocycles. The molecule has 0 radical (unpaired) electrons. The Balaban J connectivity index is 1.89. The average molecular weight is 296 g/mol. The molecule has 3 aromatic rings. The summed E-state index contributed by atoms with van der Waals surface area (Å²) in [5, 5.41) is 18.4. The van der Waals surface area contributed by atoms with Crippen molar-refractivity contribution in [2.75, 3.05) is 5.32 Å². The quantitative estimate of drug-likeness (QED) is 0.760. The summed E-state index contributed by atoms with van der Waals surface area (Å²) >= 11 is 0. The number of benzene rings is 1. The lowest BCUT2D eigenvalue weighted by molar-refractivity contribution is 0.282. The molecule has 0 saturated carbocycles. The standard InChI is InChI=1S/C17H20N4O/c1-3-15-14(10-21(2)20-15)9-18-17-13(11-22)8-12-6-4-5-7-16(12)19-17/h4-8,10,22H,3,9,11H2,1-2H3,(H,18,19). The predicted molar refractivity (Wildman–Crippen MR) is 87.6 cm³/mol. The van der Waals surface area contributed by atoms with Gasteiger partial charge < -0.3 is 10.4 Å². The van der Waals surface area contributed by atoms with Gasteiger partial charge in [0.05, 0.1) is 17.8 Å². The van der Waals surface area contributed by atoms with Crippen LogP contribution in [0.5, 0.6) is 0 Å². The highest BCUT2D eigenvalue weighted by molar-refractivity contribution is 5.81. The number of hydrogen-bond acceptors (Lipinski definition) is 4. The van der Waals surface area contributed by atoms with Crippen LogP contribution < -0.4 is 5.32 Å². The van der Waals surface area contributed by atoms with Crippen LogP contribution in [-0.4, -0.2) is 19.9 Å². The van der Waals surface area contributed by atoms with Crippen molar-refractivity contribution < 1.29 is 5.11 Å². The van der Waals surface area contributed by atoms with Crippen LogP contribution in [0, 0.1) is 0 Å². The molecule has 22 heavy (non-hydrogen) atoms. The zero-order valence-electron chi connectivity index (χ0n) is 12.9. The third-order valence-electron chi connectivity index (χ3n) is 3.75. The number of pyridine rings is 1. The van der Waals surface area contributed by atoms with E-state index in [-0.39, 0.29) is 6.61 Å². The summed E-state index contributed by atoms with van der Waals surface area (Å²) in [7, 11) is 1.93. The minimum Gasteiger partial charge on any atom is -0.392 e. The molecule has 0 atom stereocenters. The highest BCUT2D eigenvalue weighted by atomic mass is 16.3. The summed E-state index contributed by atoms with van der Waals surface area (Å²) in [6.07, 6.45) is 2.92. The third-order valence-corrected chi connectivity index (χ3v) is 3.75. The SMILES string of the molecule is CCc1nn(C)cc1CNc1nc2ccccc2cc1CO. The molecular weight excluding hydrogens is 276 g/mol. The van der Waals surface area contributed by atoms with Crippen molar-refractivity contribution in [2.24, 2.45) is 7.05 Å². The van der Waals surface area contributed by atoms with Gasteiger partial charge in [-0.25, -0.2) is 4.98 Å². The Morgan fingerprint density at radius 2 is 2.05 bits per heavy atom. The van der Waals surface area contributed by atoms with Crippen molar-refractivity contribution in [3.05, 3.63) is 53.3 Å². The molecule has 0 spiro atoms. The summed E-state index contributed by atoms with van der Waals surface area (Å²) < 4.78 is 1.83. The molecule has 2 heterocycles. The normalized spacial score (nSPS) is 11.0. The number of aliphatic hydroxyl groups is 1. The van der Waals surface area contributed by atoms with Crippen molar-refractivity contribution in [3.63, 3.8) is 0 Å². The first-order valence-corrected chi connectivity index (χ1v) is 7.46. The van der Waals surface area contributed by atoms with Gasteiger partial charge in [0.25, 0.3) is 0 Å². The maximum absolute atomic E-state index is 9.58. The van der Waals surface area contributed by atoms with Gasteiger partial charge in [0.2, 0.25) is 0 Å². The van der Waals surface area contributed by atoms with Gasteiger partial charge in [0.15, 0.2) is 0 Å². The molecule has 1 aromatic carbocycles. The van der Waals surface area contributed by atoms with Crippen LogP contribution in [0.3, 0.4) is 0 Å². The number of para-hydroxylation sites is 1. The zero-order chi connectivity index (χ0) is 15.5. The summed E-state index contributed by atoms with van der Waals surface area (Å²) in [5.41, 5.74) is 3.97. The smallest absolute Gasteiger partial charge is 0.132 e. The van der Waals surface area contributed by atoms with Crippen molar-refractivity contribution in [2.45, 2.75) is 26.5 Å². The van der Waals surface area contributed by atoms with Crippen LogP contribution in [0.2, 0.25) is 0 Å². The van der Waals surface area contributed by atoms with E-state index in [1.807, 2.05) is 48.3 Å². The fraction of sp³-hybridized carbons (Fsp3) is 0.294. The number of aryl methyl sites for hydroxylation is 2. The van der Waals surface area contributed by atoms with Crippen molar-refractivity contribution in [1.29, 1.82) is 0 Å². The largest absolute Gasteiger partial charge is 0.392 e. The number of hydrogen-bond donors (Lipinski definition) is 2. The third kappa shape index (κ3) is 2.80. The van der Waals surface area contributed by atoms with E-state index >= 15 is 0 Å². The highest BCUT2D eigenvalue weighted by Crippen LogP contribution is 2.21. The molecule has 2 aromatic heterocycles. The molecule has 0 amide bonds. The molecule has 2 N–H and O–H groups in total. The minimum atomic E-state index is -0.0339. The molecule has 5 heteroatoms. The molecule has 3 rings (SSSR count). The Bertz CT molecular complexity index is 794. The molecule has 0 aliphatic rings. The van der Waals surface area contributed by atoms with Crippen LogP contribution in [0.1, 0.15) is 23.7 Å². The summed E-state index contributed by atoms with van der Waals surface area (Å²) in [5.74, 6) is 0.729. The van der Waals surface area contributed by atoms with E-state index in [0.29, 0.717) is 6.54 Å². The van der Waals surface area contributed by atoms with Gasteiger partial charge in [-0.2, -0.15) is 5.10 Å². The van der Waals surface area contributed by atoms with Crippen molar-refractivity contribution >= 4 is 16.7 Å². The van der Waals surface area contributed by atoms with Gasteiger partial charge >= 0.3 is 0 Å². The van der Waals surface area contributed by atoms with E-state index in [2.05, 4.69) is 22.3 Å². The Kier molecular flexibility index (Phi) is 4.06. The zero-order valence-corrected chi connectivity index (χ0v) is 12.9. The fourth-order valence-electron chi connectivity index (χ4n) is 2.64. The molecule has 114 valence electrons. The van der Waals surface area contributed by atoms with Gasteiger partial charge in [-0.05, 0) is 18.6 Å². The molecule has 0 fully saturated rings. The first kappa shape index (κ1) is 14.5. The van der Waals surface area contributed by atoms with E-state index in [1.165, 1.54) is 0 Å². The summed E-state index contributed by atoms with van der Waals surface area (Å²) in [4.78, 5) is 4.63. The van der Waals surface area contributed by atoms with E-state index in [1.54, 1.807) is 0 Å². The minimum absolute atomic E-state index is 0.0339. The summed E-state index contributed by atoms with van der Waals surface area (Å²) in [6.45, 7) is 2.71. The lowest BCUT2D eigenvalue weighted by Gasteiger charge is -2.11. The number of rotatable bonds is 5. The molecule has 0 aliphatic carbocycles. The highest BCUT2D eigenvalue weighted by Gasteiger charge is 2.09. The average Bonchev–Trinajstić information content (AvgIpc) is 2.91. The topological polar surface area (TPSA) is 63.0 Å². The first-order valence-electron chi connectivity index (χ1n) is 7.46. The Morgan fingerprint density at radius 3 is 2.82 bits per heavy atom. The Morgan fingerprint density at radius 1 is 1.23 bits per heavy atom. The second-order valence-electron chi connectivity index (χ2n) is 5.33.